The van der Waals surface area contributed by atoms with Gasteiger partial charge in [0.1, 0.15) is 0 Å². The van der Waals surface area contributed by atoms with E-state index in [0.29, 0.717) is 4.47 Å². The van der Waals surface area contributed by atoms with Gasteiger partial charge in [-0.05, 0) is 12.1 Å². The summed E-state index contributed by atoms with van der Waals surface area (Å²) in [5.74, 6) is -1.89. The monoisotopic (exact) mass is 266 g/mol. The molecule has 0 saturated carbocycles. The molecule has 78 valence electrons. The summed E-state index contributed by atoms with van der Waals surface area (Å²) >= 11 is 3.10. The Kier molecular flexibility index (Phi) is 3.97. The highest BCUT2D eigenvalue weighted by molar-refractivity contribution is 9.10. The topological polar surface area (TPSA) is 18.5 Å². The Morgan fingerprint density at radius 1 is 1.21 bits per heavy atom. The Labute approximate surface area is 89.0 Å². The molecule has 0 aromatic heterocycles. The van der Waals surface area contributed by atoms with Gasteiger partial charge in [0, 0.05) is 18.7 Å². The summed E-state index contributed by atoms with van der Waals surface area (Å²) < 4.78 is 36.3. The summed E-state index contributed by atoms with van der Waals surface area (Å²) in [7, 11) is 2.70. The van der Waals surface area contributed by atoms with Crippen LogP contribution in [0.4, 0.5) is 8.78 Å². The smallest absolute Gasteiger partial charge is 0.187 e. The lowest BCUT2D eigenvalue weighted by atomic mass is 10.2. The molecule has 0 N–H and O–H groups in total. The molecule has 0 aliphatic heterocycles. The molecule has 0 unspecified atom stereocenters. The second-order valence-electron chi connectivity index (χ2n) is 2.56. The normalized spacial score (nSPS) is 11.0. The summed E-state index contributed by atoms with van der Waals surface area (Å²) in [4.78, 5) is 0. The molecule has 0 amide bonds. The third-order valence-electron chi connectivity index (χ3n) is 1.74. The van der Waals surface area contributed by atoms with Crippen LogP contribution in [0.3, 0.4) is 0 Å². The van der Waals surface area contributed by atoms with Crippen molar-refractivity contribution in [3.8, 4) is 0 Å². The van der Waals surface area contributed by atoms with Gasteiger partial charge in [-0.15, -0.1) is 0 Å². The van der Waals surface area contributed by atoms with Crippen molar-refractivity contribution in [2.75, 3.05) is 14.2 Å². The van der Waals surface area contributed by atoms with Crippen LogP contribution in [0.1, 0.15) is 11.9 Å². The molecule has 0 atom stereocenters. The van der Waals surface area contributed by atoms with Gasteiger partial charge in [-0.1, -0.05) is 15.9 Å². The van der Waals surface area contributed by atoms with Crippen molar-refractivity contribution in [3.05, 3.63) is 33.8 Å². The molecule has 1 rings (SSSR count). The zero-order chi connectivity index (χ0) is 10.7. The van der Waals surface area contributed by atoms with Gasteiger partial charge < -0.3 is 9.47 Å². The highest BCUT2D eigenvalue weighted by atomic mass is 79.9. The molecule has 5 heteroatoms. The minimum atomic E-state index is -0.965. The Balaban J connectivity index is 3.23. The maximum Gasteiger partial charge on any atom is 0.187 e. The zero-order valence-corrected chi connectivity index (χ0v) is 9.27. The van der Waals surface area contributed by atoms with Crippen LogP contribution in [-0.4, -0.2) is 14.2 Å². The SMILES string of the molecule is COC(OC)c1c(Br)ccc(F)c1F. The van der Waals surface area contributed by atoms with Gasteiger partial charge in [0.25, 0.3) is 0 Å². The molecule has 0 saturated heterocycles. The molecule has 0 aliphatic carbocycles. The van der Waals surface area contributed by atoms with E-state index in [9.17, 15) is 8.78 Å². The van der Waals surface area contributed by atoms with E-state index in [2.05, 4.69) is 15.9 Å². The average molecular weight is 267 g/mol. The number of rotatable bonds is 3. The second kappa shape index (κ2) is 4.82. The molecule has 0 bridgehead atoms. The van der Waals surface area contributed by atoms with Crippen molar-refractivity contribution >= 4 is 15.9 Å². The van der Waals surface area contributed by atoms with Crippen LogP contribution >= 0.6 is 15.9 Å². The highest BCUT2D eigenvalue weighted by Gasteiger charge is 2.20. The minimum Gasteiger partial charge on any atom is -0.352 e. The first-order valence-electron chi connectivity index (χ1n) is 3.80. The first kappa shape index (κ1) is 11.6. The average Bonchev–Trinajstić information content (AvgIpc) is 2.19. The summed E-state index contributed by atoms with van der Waals surface area (Å²) in [6, 6.07) is 2.43. The van der Waals surface area contributed by atoms with Crippen LogP contribution in [0.5, 0.6) is 0 Å². The number of ether oxygens (including phenoxy) is 2. The lowest BCUT2D eigenvalue weighted by molar-refractivity contribution is -0.108. The van der Waals surface area contributed by atoms with Crippen molar-refractivity contribution in [1.82, 2.24) is 0 Å². The summed E-state index contributed by atoms with van der Waals surface area (Å²) in [5.41, 5.74) is 0.0231. The molecule has 0 radical (unpaired) electrons. The molecule has 0 aliphatic rings. The van der Waals surface area contributed by atoms with Crippen molar-refractivity contribution in [2.24, 2.45) is 0 Å². The van der Waals surface area contributed by atoms with E-state index in [1.54, 1.807) is 0 Å². The summed E-state index contributed by atoms with van der Waals surface area (Å²) in [5, 5.41) is 0. The fraction of sp³-hybridized carbons (Fsp3) is 0.333. The zero-order valence-electron chi connectivity index (χ0n) is 7.68. The van der Waals surface area contributed by atoms with Gasteiger partial charge >= 0.3 is 0 Å². The Bertz CT molecular complexity index is 327. The second-order valence-corrected chi connectivity index (χ2v) is 3.41. The van der Waals surface area contributed by atoms with Crippen molar-refractivity contribution in [1.29, 1.82) is 0 Å². The number of hydrogen-bond donors (Lipinski definition) is 0. The maximum atomic E-state index is 13.3. The molecule has 1 aromatic carbocycles. The van der Waals surface area contributed by atoms with Gasteiger partial charge in [0.2, 0.25) is 0 Å². The van der Waals surface area contributed by atoms with Crippen molar-refractivity contribution in [3.63, 3.8) is 0 Å². The van der Waals surface area contributed by atoms with Crippen LogP contribution in [-0.2, 0) is 9.47 Å². The lowest BCUT2D eigenvalue weighted by Gasteiger charge is -2.16. The van der Waals surface area contributed by atoms with E-state index in [0.717, 1.165) is 6.07 Å². The van der Waals surface area contributed by atoms with Crippen molar-refractivity contribution in [2.45, 2.75) is 6.29 Å². The summed E-state index contributed by atoms with van der Waals surface area (Å²) in [6.45, 7) is 0. The molecule has 0 fully saturated rings. The van der Waals surface area contributed by atoms with Gasteiger partial charge in [-0.3, -0.25) is 0 Å². The summed E-state index contributed by atoms with van der Waals surface area (Å²) in [6.07, 6.45) is -0.917. The number of benzene rings is 1. The first-order chi connectivity index (χ1) is 6.61. The van der Waals surface area contributed by atoms with Gasteiger partial charge in [0.15, 0.2) is 17.9 Å². The molecular formula is C9H9BrF2O2. The predicted octanol–water partition coefficient (Wildman–Crippen LogP) is 3.02. The molecule has 14 heavy (non-hydrogen) atoms. The first-order valence-corrected chi connectivity index (χ1v) is 4.60. The predicted molar refractivity (Wildman–Crippen MR) is 50.8 cm³/mol. The fourth-order valence-corrected chi connectivity index (χ4v) is 1.58. The van der Waals surface area contributed by atoms with E-state index in [1.807, 2.05) is 0 Å². The van der Waals surface area contributed by atoms with Crippen LogP contribution in [0.25, 0.3) is 0 Å². The molecule has 2 nitrogen and oxygen atoms in total. The Morgan fingerprint density at radius 2 is 1.79 bits per heavy atom. The van der Waals surface area contributed by atoms with Gasteiger partial charge in [-0.2, -0.15) is 0 Å². The lowest BCUT2D eigenvalue weighted by Crippen LogP contribution is -2.08. The van der Waals surface area contributed by atoms with Crippen LogP contribution in [0.15, 0.2) is 16.6 Å². The van der Waals surface area contributed by atoms with E-state index in [1.165, 1.54) is 20.3 Å². The third-order valence-corrected chi connectivity index (χ3v) is 2.43. The van der Waals surface area contributed by atoms with E-state index in [-0.39, 0.29) is 5.56 Å². The third kappa shape index (κ3) is 2.10. The number of halogens is 3. The number of hydrogen-bond acceptors (Lipinski definition) is 2. The van der Waals surface area contributed by atoms with E-state index >= 15 is 0 Å². The van der Waals surface area contributed by atoms with Crippen LogP contribution in [0, 0.1) is 11.6 Å². The number of methoxy groups -OCH3 is 2. The maximum absolute atomic E-state index is 13.3. The van der Waals surface area contributed by atoms with Crippen LogP contribution in [0.2, 0.25) is 0 Å². The standard InChI is InChI=1S/C9H9BrF2O2/c1-13-9(14-2)7-5(10)3-4-6(11)8(7)12/h3-4,9H,1-2H3. The van der Waals surface area contributed by atoms with Gasteiger partial charge in [0.05, 0.1) is 5.56 Å². The molecule has 1 aromatic rings. The van der Waals surface area contributed by atoms with Crippen molar-refractivity contribution < 1.29 is 18.3 Å². The molecular weight excluding hydrogens is 258 g/mol. The highest BCUT2D eigenvalue weighted by Crippen LogP contribution is 2.29. The van der Waals surface area contributed by atoms with E-state index in [4.69, 9.17) is 9.47 Å². The van der Waals surface area contributed by atoms with Crippen LogP contribution < -0.4 is 0 Å². The quantitative estimate of drug-likeness (QED) is 0.619. The van der Waals surface area contributed by atoms with Gasteiger partial charge in [-0.25, -0.2) is 8.78 Å². The Hall–Kier alpha value is -0.520. The Morgan fingerprint density at radius 3 is 2.29 bits per heavy atom. The minimum absolute atomic E-state index is 0.0231. The largest absolute Gasteiger partial charge is 0.352 e. The molecule has 0 heterocycles. The van der Waals surface area contributed by atoms with E-state index < -0.39 is 17.9 Å². The molecule has 0 spiro atoms. The fourth-order valence-electron chi connectivity index (χ4n) is 1.09.